The van der Waals surface area contributed by atoms with Crippen molar-refractivity contribution in [2.45, 2.75) is 20.8 Å². The van der Waals surface area contributed by atoms with Crippen molar-refractivity contribution in [2.24, 2.45) is 0 Å². The Balaban J connectivity index is 1.77. The Labute approximate surface area is 173 Å². The molecule has 3 aromatic rings. The first-order valence-electron chi connectivity index (χ1n) is 9.44. The number of nitrogens with zero attached hydrogens (tertiary/aromatic N) is 3. The zero-order valence-electron chi connectivity index (χ0n) is 16.8. The number of hydrogen-bond acceptors (Lipinski definition) is 4. The second-order valence-corrected chi connectivity index (χ2v) is 7.16. The van der Waals surface area contributed by atoms with Crippen LogP contribution in [0.2, 0.25) is 0 Å². The summed E-state index contributed by atoms with van der Waals surface area (Å²) < 4.78 is 2.02. The van der Waals surface area contributed by atoms with Crippen molar-refractivity contribution >= 4 is 29.6 Å². The second kappa shape index (κ2) is 7.44. The summed E-state index contributed by atoms with van der Waals surface area (Å²) in [7, 11) is 0. The van der Waals surface area contributed by atoms with Gasteiger partial charge in [0, 0.05) is 29.5 Å². The van der Waals surface area contributed by atoms with E-state index in [9.17, 15) is 14.4 Å². The van der Waals surface area contributed by atoms with Crippen LogP contribution < -0.4 is 10.2 Å². The van der Waals surface area contributed by atoms with Gasteiger partial charge in [-0.25, -0.2) is 9.69 Å². The Hall–Kier alpha value is -4.00. The van der Waals surface area contributed by atoms with Gasteiger partial charge in [-0.15, -0.1) is 0 Å². The lowest BCUT2D eigenvalue weighted by molar-refractivity contribution is -0.122. The molecule has 0 saturated carbocycles. The Morgan fingerprint density at radius 2 is 1.67 bits per heavy atom. The molecule has 0 radical (unpaired) electrons. The fourth-order valence-electron chi connectivity index (χ4n) is 3.64. The van der Waals surface area contributed by atoms with Gasteiger partial charge in [-0.2, -0.15) is 0 Å². The van der Waals surface area contributed by atoms with Crippen LogP contribution in [-0.2, 0) is 9.59 Å². The van der Waals surface area contributed by atoms with Crippen molar-refractivity contribution in [1.82, 2.24) is 14.9 Å². The van der Waals surface area contributed by atoms with Crippen LogP contribution in [0.5, 0.6) is 0 Å². The molecule has 1 saturated heterocycles. The van der Waals surface area contributed by atoms with Crippen LogP contribution in [-0.4, -0.2) is 27.4 Å². The molecule has 4 amide bonds. The molecule has 1 aliphatic heterocycles. The number of benzene rings is 1. The maximum Gasteiger partial charge on any atom is 0.335 e. The molecule has 150 valence electrons. The predicted molar refractivity (Wildman–Crippen MR) is 113 cm³/mol. The normalized spacial score (nSPS) is 15.6. The highest BCUT2D eigenvalue weighted by molar-refractivity contribution is 6.39. The Morgan fingerprint density at radius 3 is 2.37 bits per heavy atom. The molecular formula is C23H20N4O3. The molecule has 4 rings (SSSR count). The third kappa shape index (κ3) is 3.30. The van der Waals surface area contributed by atoms with Crippen LogP contribution in [0.4, 0.5) is 10.5 Å². The number of amides is 4. The van der Waals surface area contributed by atoms with Crippen LogP contribution in [0.25, 0.3) is 11.8 Å². The van der Waals surface area contributed by atoms with Gasteiger partial charge in [-0.3, -0.25) is 19.9 Å². The van der Waals surface area contributed by atoms with Crippen LogP contribution in [0.15, 0.2) is 60.4 Å². The molecule has 0 spiro atoms. The molecule has 0 atom stereocenters. The van der Waals surface area contributed by atoms with Crippen LogP contribution in [0.1, 0.15) is 22.5 Å². The topological polar surface area (TPSA) is 84.3 Å². The molecule has 1 aromatic carbocycles. The minimum absolute atomic E-state index is 0.0916. The monoisotopic (exact) mass is 400 g/mol. The maximum absolute atomic E-state index is 13.1. The summed E-state index contributed by atoms with van der Waals surface area (Å²) >= 11 is 0. The summed E-state index contributed by atoms with van der Waals surface area (Å²) in [6.07, 6.45) is 4.94. The molecule has 7 heteroatoms. The molecule has 7 nitrogen and oxygen atoms in total. The molecular weight excluding hydrogens is 380 g/mol. The molecule has 1 N–H and O–H groups in total. The number of carbonyl (C=O) groups excluding carboxylic acids is 3. The van der Waals surface area contributed by atoms with Crippen LogP contribution >= 0.6 is 0 Å². The first-order valence-corrected chi connectivity index (χ1v) is 9.44. The smallest absolute Gasteiger partial charge is 0.318 e. The maximum atomic E-state index is 13.1. The summed E-state index contributed by atoms with van der Waals surface area (Å²) in [6, 6.07) is 11.9. The summed E-state index contributed by atoms with van der Waals surface area (Å²) in [4.78, 5) is 43.0. The van der Waals surface area contributed by atoms with E-state index in [1.807, 2.05) is 49.6 Å². The van der Waals surface area contributed by atoms with Gasteiger partial charge in [0.2, 0.25) is 0 Å². The third-order valence-corrected chi connectivity index (χ3v) is 5.05. The molecule has 2 aromatic heterocycles. The molecule has 1 aliphatic rings. The fourth-order valence-corrected chi connectivity index (χ4v) is 3.64. The molecule has 0 unspecified atom stereocenters. The molecule has 0 aliphatic carbocycles. The summed E-state index contributed by atoms with van der Waals surface area (Å²) in [5.74, 6) is -1.36. The van der Waals surface area contributed by atoms with Crippen molar-refractivity contribution in [2.75, 3.05) is 4.90 Å². The predicted octanol–water partition coefficient (Wildman–Crippen LogP) is 3.46. The Morgan fingerprint density at radius 1 is 0.933 bits per heavy atom. The SMILES string of the molecule is Cc1cccc(N2C(=O)NC(=O)C(=Cc3cc(C)n(-c4ccncc4)c3C)C2=O)c1. The quantitative estimate of drug-likeness (QED) is 0.539. The van der Waals surface area contributed by atoms with E-state index < -0.39 is 17.8 Å². The average molecular weight is 400 g/mol. The largest absolute Gasteiger partial charge is 0.335 e. The van der Waals surface area contributed by atoms with E-state index in [4.69, 9.17) is 0 Å². The van der Waals surface area contributed by atoms with E-state index in [0.717, 1.165) is 33.1 Å². The minimum Gasteiger partial charge on any atom is -0.318 e. The standard InChI is InChI=1S/C23H20N4O3/c1-14-5-4-6-19(11-14)27-22(29)20(21(28)25-23(27)30)13-17-12-15(2)26(16(17)3)18-7-9-24-10-8-18/h4-13H,1-3H3,(H,25,28,30). The van der Waals surface area contributed by atoms with Gasteiger partial charge < -0.3 is 4.57 Å². The minimum atomic E-state index is -0.755. The van der Waals surface area contributed by atoms with Gasteiger partial charge >= 0.3 is 6.03 Å². The molecule has 0 bridgehead atoms. The van der Waals surface area contributed by atoms with E-state index in [2.05, 4.69) is 10.3 Å². The molecule has 1 fully saturated rings. The number of barbiturate groups is 1. The first kappa shape index (κ1) is 19.3. The summed E-state index contributed by atoms with van der Waals surface area (Å²) in [6.45, 7) is 5.72. The third-order valence-electron chi connectivity index (χ3n) is 5.05. The van der Waals surface area contributed by atoms with Crippen molar-refractivity contribution < 1.29 is 14.4 Å². The summed E-state index contributed by atoms with van der Waals surface area (Å²) in [5, 5.41) is 2.26. The van der Waals surface area contributed by atoms with Crippen molar-refractivity contribution in [3.05, 3.63) is 82.9 Å². The number of urea groups is 1. The van der Waals surface area contributed by atoms with E-state index >= 15 is 0 Å². The van der Waals surface area contributed by atoms with Crippen LogP contribution in [0, 0.1) is 20.8 Å². The highest BCUT2D eigenvalue weighted by Crippen LogP contribution is 2.26. The second-order valence-electron chi connectivity index (χ2n) is 7.16. The lowest BCUT2D eigenvalue weighted by Gasteiger charge is -2.26. The number of pyridine rings is 1. The van der Waals surface area contributed by atoms with E-state index in [-0.39, 0.29) is 5.57 Å². The summed E-state index contributed by atoms with van der Waals surface area (Å²) in [5.41, 5.74) is 4.69. The molecule has 30 heavy (non-hydrogen) atoms. The zero-order chi connectivity index (χ0) is 21.4. The lowest BCUT2D eigenvalue weighted by atomic mass is 10.1. The Kier molecular flexibility index (Phi) is 4.79. The van der Waals surface area contributed by atoms with Crippen molar-refractivity contribution in [3.8, 4) is 5.69 Å². The van der Waals surface area contributed by atoms with Crippen LogP contribution in [0.3, 0.4) is 0 Å². The number of hydrogen-bond donors (Lipinski definition) is 1. The van der Waals surface area contributed by atoms with E-state index in [0.29, 0.717) is 5.69 Å². The number of rotatable bonds is 3. The number of anilines is 1. The van der Waals surface area contributed by atoms with Gasteiger partial charge in [0.15, 0.2) is 0 Å². The number of carbonyl (C=O) groups is 3. The van der Waals surface area contributed by atoms with E-state index in [1.165, 1.54) is 6.08 Å². The highest BCUT2D eigenvalue weighted by Gasteiger charge is 2.37. The Bertz CT molecular complexity index is 1210. The van der Waals surface area contributed by atoms with Gasteiger partial charge in [-0.1, -0.05) is 12.1 Å². The van der Waals surface area contributed by atoms with E-state index in [1.54, 1.807) is 30.6 Å². The molecule has 3 heterocycles. The zero-order valence-corrected chi connectivity index (χ0v) is 16.8. The first-order chi connectivity index (χ1) is 14.4. The number of imide groups is 2. The highest BCUT2D eigenvalue weighted by atomic mass is 16.2. The van der Waals surface area contributed by atoms with Gasteiger partial charge in [0.25, 0.3) is 11.8 Å². The lowest BCUT2D eigenvalue weighted by Crippen LogP contribution is -2.54. The number of aryl methyl sites for hydroxylation is 2. The van der Waals surface area contributed by atoms with Crippen molar-refractivity contribution in [3.63, 3.8) is 0 Å². The van der Waals surface area contributed by atoms with Gasteiger partial charge in [-0.05, 0) is 68.3 Å². The number of nitrogens with one attached hydrogen (secondary N) is 1. The number of aromatic nitrogens is 2. The average Bonchev–Trinajstić information content (AvgIpc) is 2.99. The fraction of sp³-hybridized carbons (Fsp3) is 0.130. The van der Waals surface area contributed by atoms with Gasteiger partial charge in [0.05, 0.1) is 5.69 Å². The van der Waals surface area contributed by atoms with Crippen molar-refractivity contribution in [1.29, 1.82) is 0 Å². The van der Waals surface area contributed by atoms with Gasteiger partial charge in [0.1, 0.15) is 5.57 Å².